The summed E-state index contributed by atoms with van der Waals surface area (Å²) in [4.78, 5) is 25.5. The molecule has 2 N–H and O–H groups in total. The van der Waals surface area contributed by atoms with Crippen LogP contribution in [0.3, 0.4) is 0 Å². The smallest absolute Gasteiger partial charge is 0.480 e. The summed E-state index contributed by atoms with van der Waals surface area (Å²) in [6.07, 6.45) is -7.26. The number of nitrogens with zero attached hydrogens (tertiary/aromatic N) is 3. The molecule has 1 atom stereocenters. The Morgan fingerprint density at radius 1 is 1.25 bits per heavy atom. The van der Waals surface area contributed by atoms with E-state index >= 15 is 4.39 Å². The fourth-order valence-corrected chi connectivity index (χ4v) is 3.53. The molecule has 3 rings (SSSR count). The van der Waals surface area contributed by atoms with Gasteiger partial charge in [0, 0.05) is 12.8 Å². The predicted octanol–water partition coefficient (Wildman–Crippen LogP) is 5.45. The number of hydrazone groups is 1. The van der Waals surface area contributed by atoms with Crippen molar-refractivity contribution in [1.29, 1.82) is 0 Å². The van der Waals surface area contributed by atoms with Gasteiger partial charge in [-0.15, -0.1) is 0 Å². The number of benzene rings is 2. The summed E-state index contributed by atoms with van der Waals surface area (Å²) in [6.45, 7) is 6.71. The number of amides is 3. The van der Waals surface area contributed by atoms with E-state index in [1.807, 2.05) is 0 Å². The van der Waals surface area contributed by atoms with Gasteiger partial charge < -0.3 is 15.2 Å². The number of ether oxygens (including phenoxy) is 1. The summed E-state index contributed by atoms with van der Waals surface area (Å²) in [7, 11) is 0. The van der Waals surface area contributed by atoms with Crippen molar-refractivity contribution >= 4 is 59.1 Å². The zero-order chi connectivity index (χ0) is 27.2. The van der Waals surface area contributed by atoms with Crippen molar-refractivity contribution < 1.29 is 41.6 Å². The van der Waals surface area contributed by atoms with Crippen LogP contribution in [0.5, 0.6) is 5.75 Å². The maximum atomic E-state index is 15.2. The minimum atomic E-state index is -4.84. The average molecular weight is 550 g/mol. The van der Waals surface area contributed by atoms with Crippen LogP contribution >= 0.6 is 23.2 Å². The third-order valence-corrected chi connectivity index (χ3v) is 5.53. The molecule has 0 spiro atoms. The molecule has 36 heavy (non-hydrogen) atoms. The minimum absolute atomic E-state index is 0.0192. The summed E-state index contributed by atoms with van der Waals surface area (Å²) in [5.41, 5.74) is -3.02. The van der Waals surface area contributed by atoms with Gasteiger partial charge in [-0.2, -0.15) is 17.7 Å². The number of para-hydroxylation sites is 1. The van der Waals surface area contributed by atoms with Crippen molar-refractivity contribution in [2.45, 2.75) is 38.7 Å². The van der Waals surface area contributed by atoms with E-state index in [1.54, 1.807) is 0 Å². The summed E-state index contributed by atoms with van der Waals surface area (Å²) >= 11 is 12.0. The third-order valence-electron chi connectivity index (χ3n) is 4.90. The number of nitrogens with one attached hydrogen (secondary N) is 1. The quantitative estimate of drug-likeness (QED) is 0.370. The lowest BCUT2D eigenvalue weighted by Gasteiger charge is -2.20. The number of carbonyl (C=O) groups excluding carboxylic acids is 2. The molecule has 1 aliphatic heterocycles. The second-order valence-electron chi connectivity index (χ2n) is 8.16. The van der Waals surface area contributed by atoms with Gasteiger partial charge in [-0.1, -0.05) is 29.3 Å². The number of halogens is 6. The average Bonchev–Trinajstić information content (AvgIpc) is 3.05. The van der Waals surface area contributed by atoms with Crippen molar-refractivity contribution in [1.82, 2.24) is 0 Å². The van der Waals surface area contributed by atoms with Crippen LogP contribution in [0.1, 0.15) is 31.1 Å². The van der Waals surface area contributed by atoms with Crippen LogP contribution in [0.4, 0.5) is 33.7 Å². The van der Waals surface area contributed by atoms with E-state index in [1.165, 1.54) is 32.0 Å². The Labute approximate surface area is 212 Å². The van der Waals surface area contributed by atoms with Gasteiger partial charge in [-0.3, -0.25) is 4.79 Å². The van der Waals surface area contributed by atoms with Crippen LogP contribution in [0.25, 0.3) is 0 Å². The number of hydrogen-bond acceptors (Lipinski definition) is 5. The second-order valence-corrected chi connectivity index (χ2v) is 8.97. The lowest BCUT2D eigenvalue weighted by Crippen LogP contribution is -2.38. The standard InChI is InChI=1S/C22H18Cl2F4N4O4/c1-10(22(26,27)28)36-16-9-15(32-20(34)31(4)19(30-32)21(2,3)35)14(25)8-11(16)18(33)29-17-12(23)6-5-7-13(17)24/h5-10,35H,4H2,1-3H3/p+1/t10-/m0/s1. The molecule has 0 saturated carbocycles. The van der Waals surface area contributed by atoms with Gasteiger partial charge in [0.05, 0.1) is 26.4 Å². The molecule has 192 valence electrons. The van der Waals surface area contributed by atoms with E-state index in [-0.39, 0.29) is 21.6 Å². The maximum absolute atomic E-state index is 15.2. The summed E-state index contributed by atoms with van der Waals surface area (Å²) in [6, 6.07) is 4.57. The lowest BCUT2D eigenvalue weighted by atomic mass is 10.1. The molecular formula is C22H19Cl2F4N4O4+. The molecular weight excluding hydrogens is 531 g/mol. The van der Waals surface area contributed by atoms with Gasteiger partial charge in [0.25, 0.3) is 5.91 Å². The molecule has 0 radical (unpaired) electrons. The summed E-state index contributed by atoms with van der Waals surface area (Å²) in [5.74, 6) is -3.27. The maximum Gasteiger partial charge on any atom is 0.483 e. The number of carbonyl (C=O) groups is 2. The number of rotatable bonds is 6. The number of aliphatic hydroxyl groups is 1. The summed E-state index contributed by atoms with van der Waals surface area (Å²) < 4.78 is 60.5. The molecule has 3 amide bonds. The van der Waals surface area contributed by atoms with Crippen molar-refractivity contribution in [2.24, 2.45) is 5.10 Å². The van der Waals surface area contributed by atoms with E-state index in [0.717, 1.165) is 0 Å². The molecule has 1 aliphatic rings. The van der Waals surface area contributed by atoms with Crippen LogP contribution in [-0.2, 0) is 0 Å². The molecule has 0 bridgehead atoms. The van der Waals surface area contributed by atoms with Gasteiger partial charge >= 0.3 is 18.0 Å². The number of alkyl halides is 3. The molecule has 0 saturated heterocycles. The van der Waals surface area contributed by atoms with Crippen LogP contribution in [-0.4, -0.2) is 52.1 Å². The number of anilines is 2. The normalized spacial score (nSPS) is 15.2. The van der Waals surface area contributed by atoms with Crippen molar-refractivity contribution in [3.05, 3.63) is 51.8 Å². The molecule has 0 aromatic heterocycles. The first-order chi connectivity index (χ1) is 16.5. The van der Waals surface area contributed by atoms with Gasteiger partial charge in [0.15, 0.2) is 23.2 Å². The minimum Gasteiger partial charge on any atom is -0.480 e. The van der Waals surface area contributed by atoms with Crippen molar-refractivity contribution in [2.75, 3.05) is 10.3 Å². The van der Waals surface area contributed by atoms with Crippen molar-refractivity contribution in [3.8, 4) is 5.75 Å². The number of hydrogen-bond donors (Lipinski definition) is 2. The van der Waals surface area contributed by atoms with E-state index in [2.05, 4.69) is 17.1 Å². The molecule has 2 aromatic rings. The Morgan fingerprint density at radius 2 is 1.83 bits per heavy atom. The topological polar surface area (TPSA) is 94.2 Å². The monoisotopic (exact) mass is 549 g/mol. The Morgan fingerprint density at radius 3 is 2.33 bits per heavy atom. The van der Waals surface area contributed by atoms with E-state index in [0.29, 0.717) is 28.6 Å². The highest BCUT2D eigenvalue weighted by Gasteiger charge is 2.47. The molecule has 0 fully saturated rings. The fourth-order valence-electron chi connectivity index (χ4n) is 3.04. The van der Waals surface area contributed by atoms with E-state index in [4.69, 9.17) is 27.9 Å². The molecule has 0 aliphatic carbocycles. The Balaban J connectivity index is 2.12. The number of urea groups is 1. The lowest BCUT2D eigenvalue weighted by molar-refractivity contribution is -0.291. The SMILES string of the molecule is C=[N+]1C(=O)N(c2cc(O[C@@H](C)C(F)(F)F)c(C(=O)Nc3c(Cl)cccc3Cl)cc2F)N=C1C(C)(C)O. The Hall–Kier alpha value is -3.22. The van der Waals surface area contributed by atoms with E-state index in [9.17, 15) is 27.9 Å². The number of amidine groups is 1. The van der Waals surface area contributed by atoms with Crippen LogP contribution in [0.2, 0.25) is 10.0 Å². The van der Waals surface area contributed by atoms with Gasteiger partial charge in [0.2, 0.25) is 0 Å². The zero-order valence-corrected chi connectivity index (χ0v) is 20.5. The highest BCUT2D eigenvalue weighted by molar-refractivity contribution is 6.40. The molecule has 2 aromatic carbocycles. The summed E-state index contributed by atoms with van der Waals surface area (Å²) in [5, 5.41) is 16.9. The first kappa shape index (κ1) is 27.4. The Bertz CT molecular complexity index is 1270. The molecule has 8 nitrogen and oxygen atoms in total. The Kier molecular flexibility index (Phi) is 7.36. The molecule has 14 heteroatoms. The molecule has 1 heterocycles. The van der Waals surface area contributed by atoms with E-state index < -0.39 is 52.6 Å². The largest absolute Gasteiger partial charge is 0.483 e. The van der Waals surface area contributed by atoms with Gasteiger partial charge in [0.1, 0.15) is 5.75 Å². The van der Waals surface area contributed by atoms with Crippen molar-refractivity contribution in [3.63, 3.8) is 0 Å². The second kappa shape index (κ2) is 9.68. The fraction of sp³-hybridized carbons (Fsp3) is 0.273. The highest BCUT2D eigenvalue weighted by Crippen LogP contribution is 2.36. The highest BCUT2D eigenvalue weighted by atomic mass is 35.5. The van der Waals surface area contributed by atoms with Gasteiger partial charge in [-0.05, 0) is 44.0 Å². The third kappa shape index (κ3) is 5.45. The van der Waals surface area contributed by atoms with Crippen LogP contribution in [0.15, 0.2) is 35.4 Å². The first-order valence-corrected chi connectivity index (χ1v) is 10.9. The van der Waals surface area contributed by atoms with Crippen LogP contribution in [0, 0.1) is 5.82 Å². The molecule has 0 unspecified atom stereocenters. The first-order valence-electron chi connectivity index (χ1n) is 10.1. The predicted molar refractivity (Wildman–Crippen MR) is 126 cm³/mol. The van der Waals surface area contributed by atoms with Gasteiger partial charge in [-0.25, -0.2) is 9.18 Å². The zero-order valence-electron chi connectivity index (χ0n) is 19.0. The van der Waals surface area contributed by atoms with Crippen LogP contribution < -0.4 is 15.1 Å².